The summed E-state index contributed by atoms with van der Waals surface area (Å²) >= 11 is 1.28. The Morgan fingerprint density at radius 3 is 2.39 bits per heavy atom. The number of thiazole rings is 1. The van der Waals surface area contributed by atoms with Crippen LogP contribution in [0.15, 0.2) is 18.2 Å². The van der Waals surface area contributed by atoms with Gasteiger partial charge in [-0.25, -0.2) is 4.98 Å². The third-order valence-corrected chi connectivity index (χ3v) is 8.81. The van der Waals surface area contributed by atoms with Gasteiger partial charge >= 0.3 is 6.18 Å². The first-order valence-electron chi connectivity index (χ1n) is 11.4. The van der Waals surface area contributed by atoms with Crippen LogP contribution in [-0.2, 0) is 15.0 Å². The highest BCUT2D eigenvalue weighted by atomic mass is 32.1. The number of nitrogens with zero attached hydrogens (tertiary/aromatic N) is 3. The molecule has 3 rings (SSSR count). The van der Waals surface area contributed by atoms with E-state index in [0.717, 1.165) is 24.0 Å². The fourth-order valence-electron chi connectivity index (χ4n) is 4.25. The third-order valence-electron chi connectivity index (χ3n) is 6.45. The molecule has 0 aliphatic carbocycles. The maximum atomic E-state index is 13.0. The lowest BCUT2D eigenvalue weighted by Crippen LogP contribution is -2.41. The Labute approximate surface area is 202 Å². The molecule has 1 aromatic carbocycles. The predicted octanol–water partition coefficient (Wildman–Crippen LogP) is 4.85. The SMILES string of the molecule is C[SiH2]OC(O[SiH2]C)C(C)(C)CCC1(C#N)CCN(c2nc3ccc(C(F)(F)F)cc3s2)CC1. The fraction of sp³-hybridized carbons (Fsp3) is 0.636. The number of rotatable bonds is 9. The van der Waals surface area contributed by atoms with Gasteiger partial charge in [-0.3, -0.25) is 0 Å². The van der Waals surface area contributed by atoms with E-state index in [-0.39, 0.29) is 11.7 Å². The average molecular weight is 516 g/mol. The number of nitriles is 1. The molecule has 1 aliphatic heterocycles. The van der Waals surface area contributed by atoms with Crippen LogP contribution in [0.25, 0.3) is 10.2 Å². The summed E-state index contributed by atoms with van der Waals surface area (Å²) in [5.74, 6) is 0. The lowest BCUT2D eigenvalue weighted by molar-refractivity contribution is -0.137. The van der Waals surface area contributed by atoms with E-state index in [1.54, 1.807) is 0 Å². The Hall–Kier alpha value is -1.46. The minimum absolute atomic E-state index is 0.157. The monoisotopic (exact) mass is 515 g/mol. The topological polar surface area (TPSA) is 58.4 Å². The van der Waals surface area contributed by atoms with Crippen LogP contribution >= 0.6 is 11.3 Å². The first-order valence-corrected chi connectivity index (χ1v) is 16.2. The molecule has 0 N–H and O–H groups in total. The smallest absolute Gasteiger partial charge is 0.400 e. The van der Waals surface area contributed by atoms with Crippen molar-refractivity contribution in [3.63, 3.8) is 0 Å². The molecule has 0 atom stereocenters. The molecule has 182 valence electrons. The molecule has 1 saturated heterocycles. The van der Waals surface area contributed by atoms with Crippen molar-refractivity contribution in [1.82, 2.24) is 4.98 Å². The van der Waals surface area contributed by atoms with E-state index in [0.29, 0.717) is 36.1 Å². The van der Waals surface area contributed by atoms with Crippen molar-refractivity contribution < 1.29 is 22.0 Å². The van der Waals surface area contributed by atoms with Gasteiger partial charge < -0.3 is 13.8 Å². The van der Waals surface area contributed by atoms with Crippen LogP contribution in [-0.4, -0.2) is 43.9 Å². The molecule has 0 spiro atoms. The van der Waals surface area contributed by atoms with E-state index in [1.165, 1.54) is 23.5 Å². The van der Waals surface area contributed by atoms with Gasteiger partial charge in [0.2, 0.25) is 0 Å². The second-order valence-corrected chi connectivity index (χ2v) is 12.1. The van der Waals surface area contributed by atoms with Crippen molar-refractivity contribution in [2.45, 2.75) is 65.1 Å². The molecule has 0 radical (unpaired) electrons. The van der Waals surface area contributed by atoms with Gasteiger partial charge in [-0.2, -0.15) is 18.4 Å². The van der Waals surface area contributed by atoms with Gasteiger partial charge in [-0.05, 0) is 43.9 Å². The average Bonchev–Trinajstić information content (AvgIpc) is 3.21. The summed E-state index contributed by atoms with van der Waals surface area (Å²) in [6, 6.07) is 6.26. The van der Waals surface area contributed by atoms with Crippen LogP contribution in [0.2, 0.25) is 13.1 Å². The van der Waals surface area contributed by atoms with Crippen molar-refractivity contribution in [2.75, 3.05) is 18.0 Å². The van der Waals surface area contributed by atoms with Crippen LogP contribution < -0.4 is 4.90 Å². The Morgan fingerprint density at radius 2 is 1.85 bits per heavy atom. The molecule has 0 unspecified atom stereocenters. The van der Waals surface area contributed by atoms with Gasteiger partial charge in [0, 0.05) is 18.5 Å². The van der Waals surface area contributed by atoms with E-state index in [9.17, 15) is 18.4 Å². The standard InChI is InChI=1S/C22H32F3N3O2SSi2/c1-20(2,18(29-32-3)30-33-4)7-8-21(14-26)9-11-28(12-10-21)19-27-16-6-5-15(22(23,24)25)13-17(16)31-19/h5-6,13,18H,7-12,32-33H2,1-4H3. The lowest BCUT2D eigenvalue weighted by Gasteiger charge is -2.40. The maximum Gasteiger partial charge on any atom is 0.416 e. The predicted molar refractivity (Wildman–Crippen MR) is 132 cm³/mol. The summed E-state index contributed by atoms with van der Waals surface area (Å²) in [6.45, 7) is 9.84. The number of benzene rings is 1. The number of aromatic nitrogens is 1. The number of hydrogen-bond donors (Lipinski definition) is 0. The van der Waals surface area contributed by atoms with Crippen molar-refractivity contribution in [3.8, 4) is 6.07 Å². The zero-order valence-electron chi connectivity index (χ0n) is 19.7. The molecule has 1 aromatic heterocycles. The van der Waals surface area contributed by atoms with Gasteiger partial charge in [0.1, 0.15) is 6.29 Å². The highest BCUT2D eigenvalue weighted by Crippen LogP contribution is 2.43. The third kappa shape index (κ3) is 6.16. The first-order chi connectivity index (χ1) is 15.5. The normalized spacial score (nSPS) is 18.5. The number of anilines is 1. The van der Waals surface area contributed by atoms with Crippen LogP contribution in [0, 0.1) is 22.2 Å². The largest absolute Gasteiger partial charge is 0.416 e. The van der Waals surface area contributed by atoms with E-state index < -0.39 is 36.7 Å². The summed E-state index contributed by atoms with van der Waals surface area (Å²) in [4.78, 5) is 6.65. The zero-order valence-corrected chi connectivity index (χ0v) is 23.3. The Kier molecular flexibility index (Phi) is 8.27. The van der Waals surface area contributed by atoms with E-state index in [2.05, 4.69) is 42.9 Å². The molecule has 1 fully saturated rings. The van der Waals surface area contributed by atoms with Crippen LogP contribution in [0.1, 0.15) is 45.1 Å². The van der Waals surface area contributed by atoms with Gasteiger partial charge in [0.15, 0.2) is 24.7 Å². The van der Waals surface area contributed by atoms with E-state index in [1.807, 2.05) is 0 Å². The van der Waals surface area contributed by atoms with Gasteiger partial charge in [0.05, 0.1) is 27.3 Å². The summed E-state index contributed by atoms with van der Waals surface area (Å²) in [5.41, 5.74) is -0.647. The number of halogens is 3. The van der Waals surface area contributed by atoms with Gasteiger partial charge in [0.25, 0.3) is 0 Å². The van der Waals surface area contributed by atoms with E-state index in [4.69, 9.17) is 8.85 Å². The number of alkyl halides is 3. The molecule has 5 nitrogen and oxygen atoms in total. The first kappa shape index (κ1) is 26.2. The molecule has 0 amide bonds. The molecule has 0 saturated carbocycles. The molecule has 0 bridgehead atoms. The molecular weight excluding hydrogens is 483 g/mol. The fourth-order valence-corrected chi connectivity index (χ4v) is 7.20. The number of piperidine rings is 1. The van der Waals surface area contributed by atoms with Crippen LogP contribution in [0.4, 0.5) is 18.3 Å². The number of hydrogen-bond acceptors (Lipinski definition) is 6. The Morgan fingerprint density at radius 1 is 1.21 bits per heavy atom. The summed E-state index contributed by atoms with van der Waals surface area (Å²) < 4.78 is 51.5. The van der Waals surface area contributed by atoms with E-state index >= 15 is 0 Å². The summed E-state index contributed by atoms with van der Waals surface area (Å²) in [6.07, 6.45) is -1.52. The highest BCUT2D eigenvalue weighted by Gasteiger charge is 2.39. The molecular formula is C22H32F3N3O2SSi2. The molecule has 1 aliphatic rings. The Bertz CT molecular complexity index is 979. The van der Waals surface area contributed by atoms with Crippen molar-refractivity contribution >= 4 is 46.2 Å². The van der Waals surface area contributed by atoms with Crippen molar-refractivity contribution in [1.29, 1.82) is 5.26 Å². The van der Waals surface area contributed by atoms with Crippen LogP contribution in [0.5, 0.6) is 0 Å². The second kappa shape index (κ2) is 10.4. The minimum Gasteiger partial charge on any atom is -0.400 e. The summed E-state index contributed by atoms with van der Waals surface area (Å²) in [7, 11) is -1.19. The second-order valence-electron chi connectivity index (χ2n) is 9.29. The lowest BCUT2D eigenvalue weighted by atomic mass is 9.72. The number of fused-ring (bicyclic) bond motifs is 1. The van der Waals surface area contributed by atoms with Gasteiger partial charge in [-0.15, -0.1) is 0 Å². The van der Waals surface area contributed by atoms with Crippen molar-refractivity contribution in [3.05, 3.63) is 23.8 Å². The van der Waals surface area contributed by atoms with Gasteiger partial charge in [-0.1, -0.05) is 38.3 Å². The zero-order chi connectivity index (χ0) is 24.3. The molecule has 2 aromatic rings. The maximum absolute atomic E-state index is 13.0. The summed E-state index contributed by atoms with van der Waals surface area (Å²) in [5, 5.41) is 10.7. The van der Waals surface area contributed by atoms with Crippen LogP contribution in [0.3, 0.4) is 0 Å². The Balaban J connectivity index is 1.66. The molecule has 33 heavy (non-hydrogen) atoms. The quantitative estimate of drug-likeness (QED) is 0.353. The highest BCUT2D eigenvalue weighted by molar-refractivity contribution is 7.22. The van der Waals surface area contributed by atoms with Crippen molar-refractivity contribution in [2.24, 2.45) is 10.8 Å². The minimum atomic E-state index is -4.36. The molecule has 11 heteroatoms. The molecule has 2 heterocycles.